The van der Waals surface area contributed by atoms with Crippen LogP contribution in [0.2, 0.25) is 0 Å². The molecule has 0 bridgehead atoms. The number of aliphatic hydroxyl groups excluding tert-OH is 1. The minimum atomic E-state index is -0.666. The van der Waals surface area contributed by atoms with Gasteiger partial charge in [-0.3, -0.25) is 0 Å². The number of hydrogen-bond donors (Lipinski definition) is 1. The van der Waals surface area contributed by atoms with E-state index in [4.69, 9.17) is 13.9 Å². The van der Waals surface area contributed by atoms with Gasteiger partial charge in [0.25, 0.3) is 0 Å². The molecule has 2 aromatic carbocycles. The first-order valence-corrected chi connectivity index (χ1v) is 7.13. The average Bonchev–Trinajstić information content (AvgIpc) is 2.97. The van der Waals surface area contributed by atoms with E-state index >= 15 is 0 Å². The molecule has 114 valence electrons. The fourth-order valence-electron chi connectivity index (χ4n) is 2.28. The molecule has 1 atom stereocenters. The predicted octanol–water partition coefficient (Wildman–Crippen LogP) is 4.07. The first-order chi connectivity index (χ1) is 10.7. The van der Waals surface area contributed by atoms with Crippen molar-refractivity contribution in [3.63, 3.8) is 0 Å². The van der Waals surface area contributed by atoms with Gasteiger partial charge in [0.2, 0.25) is 0 Å². The van der Waals surface area contributed by atoms with E-state index in [9.17, 15) is 5.11 Å². The Kier molecular flexibility index (Phi) is 4.02. The van der Waals surface area contributed by atoms with E-state index in [1.165, 1.54) is 0 Å². The van der Waals surface area contributed by atoms with Gasteiger partial charge in [0.05, 0.1) is 12.5 Å². The van der Waals surface area contributed by atoms with Gasteiger partial charge in [0, 0.05) is 12.1 Å². The highest BCUT2D eigenvalue weighted by Gasteiger charge is 2.14. The lowest BCUT2D eigenvalue weighted by Crippen LogP contribution is -1.96. The largest absolute Gasteiger partial charge is 0.496 e. The topological polar surface area (TPSA) is 51.8 Å². The zero-order valence-electron chi connectivity index (χ0n) is 12.6. The van der Waals surface area contributed by atoms with Gasteiger partial charge in [-0.15, -0.1) is 0 Å². The second kappa shape index (κ2) is 6.12. The number of rotatable bonds is 5. The highest BCUT2D eigenvalue weighted by molar-refractivity contribution is 5.86. The molecule has 0 radical (unpaired) electrons. The molecule has 3 rings (SSSR count). The normalized spacial score (nSPS) is 12.3. The molecule has 0 amide bonds. The van der Waals surface area contributed by atoms with Crippen molar-refractivity contribution in [1.29, 1.82) is 0 Å². The molecule has 4 nitrogen and oxygen atoms in total. The molecule has 0 aliphatic rings. The van der Waals surface area contributed by atoms with Crippen LogP contribution in [0.4, 0.5) is 0 Å². The molecule has 0 saturated heterocycles. The third-order valence-electron chi connectivity index (χ3n) is 3.48. The number of ether oxygens (including phenoxy) is 2. The molecule has 1 N–H and O–H groups in total. The smallest absolute Gasteiger partial charge is 0.141 e. The average molecular weight is 298 g/mol. The lowest BCUT2D eigenvalue weighted by atomic mass is 10.2. The van der Waals surface area contributed by atoms with Crippen LogP contribution in [0.5, 0.6) is 11.5 Å². The van der Waals surface area contributed by atoms with E-state index in [1.807, 2.05) is 36.4 Å². The Bertz CT molecular complexity index is 759. The van der Waals surface area contributed by atoms with Crippen LogP contribution in [0.25, 0.3) is 11.0 Å². The molecule has 0 spiro atoms. The van der Waals surface area contributed by atoms with E-state index in [0.717, 1.165) is 10.9 Å². The predicted molar refractivity (Wildman–Crippen MR) is 84.2 cm³/mol. The molecule has 4 heteroatoms. The van der Waals surface area contributed by atoms with Crippen molar-refractivity contribution in [1.82, 2.24) is 0 Å². The summed E-state index contributed by atoms with van der Waals surface area (Å²) in [6.45, 7) is 2.12. The van der Waals surface area contributed by atoms with Crippen LogP contribution in [0.3, 0.4) is 0 Å². The number of furan rings is 1. The molecule has 0 fully saturated rings. The van der Waals surface area contributed by atoms with Crippen molar-refractivity contribution >= 4 is 11.0 Å². The van der Waals surface area contributed by atoms with Gasteiger partial charge in [-0.1, -0.05) is 30.3 Å². The third kappa shape index (κ3) is 2.92. The third-order valence-corrected chi connectivity index (χ3v) is 3.48. The number of hydrogen-bond acceptors (Lipinski definition) is 4. The van der Waals surface area contributed by atoms with Crippen LogP contribution in [0.15, 0.2) is 52.9 Å². The minimum absolute atomic E-state index is 0.457. The SMILES string of the molecule is COc1cc(OCc2ccccc2)c2cc(C(C)O)oc2c1. The van der Waals surface area contributed by atoms with Gasteiger partial charge in [0.1, 0.15) is 35.6 Å². The molecule has 3 aromatic rings. The summed E-state index contributed by atoms with van der Waals surface area (Å²) >= 11 is 0. The Balaban J connectivity index is 1.95. The minimum Gasteiger partial charge on any atom is -0.496 e. The summed E-state index contributed by atoms with van der Waals surface area (Å²) in [6.07, 6.45) is -0.666. The van der Waals surface area contributed by atoms with E-state index in [2.05, 4.69) is 0 Å². The van der Waals surface area contributed by atoms with E-state index in [-0.39, 0.29) is 0 Å². The number of methoxy groups -OCH3 is 1. The molecule has 1 unspecified atom stereocenters. The van der Waals surface area contributed by atoms with Crippen LogP contribution < -0.4 is 9.47 Å². The molecule has 22 heavy (non-hydrogen) atoms. The van der Waals surface area contributed by atoms with Crippen LogP contribution in [0, 0.1) is 0 Å². The van der Waals surface area contributed by atoms with E-state index in [0.29, 0.717) is 29.4 Å². The Morgan fingerprint density at radius 1 is 1.14 bits per heavy atom. The zero-order valence-corrected chi connectivity index (χ0v) is 12.6. The molecule has 0 aliphatic heterocycles. The summed E-state index contributed by atoms with van der Waals surface area (Å²) in [5, 5.41) is 10.5. The number of fused-ring (bicyclic) bond motifs is 1. The summed E-state index contributed by atoms with van der Waals surface area (Å²) in [4.78, 5) is 0. The summed E-state index contributed by atoms with van der Waals surface area (Å²) in [5.41, 5.74) is 1.72. The fourth-order valence-corrected chi connectivity index (χ4v) is 2.28. The maximum Gasteiger partial charge on any atom is 0.141 e. The lowest BCUT2D eigenvalue weighted by molar-refractivity contribution is 0.172. The van der Waals surface area contributed by atoms with Crippen LogP contribution in [-0.4, -0.2) is 12.2 Å². The van der Waals surface area contributed by atoms with Crippen molar-refractivity contribution in [3.8, 4) is 11.5 Å². The van der Waals surface area contributed by atoms with Gasteiger partial charge in [0.15, 0.2) is 0 Å². The van der Waals surface area contributed by atoms with E-state index in [1.54, 1.807) is 26.2 Å². The molecular formula is C18H18O4. The van der Waals surface area contributed by atoms with Crippen LogP contribution in [0.1, 0.15) is 24.4 Å². The highest BCUT2D eigenvalue weighted by atomic mass is 16.5. The molecule has 1 aromatic heterocycles. The maximum absolute atomic E-state index is 9.68. The van der Waals surface area contributed by atoms with Crippen molar-refractivity contribution in [2.45, 2.75) is 19.6 Å². The molecule has 1 heterocycles. The monoisotopic (exact) mass is 298 g/mol. The van der Waals surface area contributed by atoms with Gasteiger partial charge in [-0.05, 0) is 18.6 Å². The molecule has 0 aliphatic carbocycles. The molecular weight excluding hydrogens is 280 g/mol. The van der Waals surface area contributed by atoms with Crippen molar-refractivity contribution in [3.05, 3.63) is 59.9 Å². The van der Waals surface area contributed by atoms with Gasteiger partial charge in [-0.25, -0.2) is 0 Å². The number of benzene rings is 2. The Labute approximate surface area is 128 Å². The van der Waals surface area contributed by atoms with Gasteiger partial charge < -0.3 is 19.0 Å². The second-order valence-corrected chi connectivity index (χ2v) is 5.14. The van der Waals surface area contributed by atoms with Crippen molar-refractivity contribution in [2.24, 2.45) is 0 Å². The quantitative estimate of drug-likeness (QED) is 0.771. The standard InChI is InChI=1S/C18H18O4/c1-12(19)16-10-15-17(8-14(20-2)9-18(15)22-16)21-11-13-6-4-3-5-7-13/h3-10,12,19H,11H2,1-2H3. The summed E-state index contributed by atoms with van der Waals surface area (Å²) in [7, 11) is 1.60. The van der Waals surface area contributed by atoms with Crippen LogP contribution >= 0.6 is 0 Å². The van der Waals surface area contributed by atoms with Crippen molar-refractivity contribution < 1.29 is 19.0 Å². The van der Waals surface area contributed by atoms with E-state index < -0.39 is 6.10 Å². The Morgan fingerprint density at radius 3 is 2.59 bits per heavy atom. The Morgan fingerprint density at radius 2 is 1.91 bits per heavy atom. The van der Waals surface area contributed by atoms with Gasteiger partial charge >= 0.3 is 0 Å². The van der Waals surface area contributed by atoms with Crippen molar-refractivity contribution in [2.75, 3.05) is 7.11 Å². The number of aliphatic hydroxyl groups is 1. The highest BCUT2D eigenvalue weighted by Crippen LogP contribution is 2.35. The lowest BCUT2D eigenvalue weighted by Gasteiger charge is -2.09. The van der Waals surface area contributed by atoms with Crippen LogP contribution in [-0.2, 0) is 6.61 Å². The first-order valence-electron chi connectivity index (χ1n) is 7.13. The zero-order chi connectivity index (χ0) is 15.5. The maximum atomic E-state index is 9.68. The van der Waals surface area contributed by atoms with Gasteiger partial charge in [-0.2, -0.15) is 0 Å². The first kappa shape index (κ1) is 14.5. The second-order valence-electron chi connectivity index (χ2n) is 5.14. The summed E-state index contributed by atoms with van der Waals surface area (Å²) < 4.78 is 16.9. The summed E-state index contributed by atoms with van der Waals surface area (Å²) in [6, 6.07) is 15.4. The molecule has 0 saturated carbocycles. The fraction of sp³-hybridized carbons (Fsp3) is 0.222. The Hall–Kier alpha value is -2.46. The summed E-state index contributed by atoms with van der Waals surface area (Å²) in [5.74, 6) is 1.84.